The number of carbonyl (C=O) groups excluding carboxylic acids is 1. The number of hydrogen-bond acceptors (Lipinski definition) is 2. The van der Waals surface area contributed by atoms with Crippen LogP contribution in [0.15, 0.2) is 30.3 Å². The summed E-state index contributed by atoms with van der Waals surface area (Å²) in [6.45, 7) is 4.50. The van der Waals surface area contributed by atoms with E-state index in [1.807, 2.05) is 37.3 Å². The molecule has 0 spiro atoms. The second-order valence-electron chi connectivity index (χ2n) is 6.03. The van der Waals surface area contributed by atoms with Crippen LogP contribution >= 0.6 is 0 Å². The summed E-state index contributed by atoms with van der Waals surface area (Å²) in [5.74, 6) is -0.831. The van der Waals surface area contributed by atoms with Crippen LogP contribution in [0.4, 0.5) is 0 Å². The molecule has 1 unspecified atom stereocenters. The molecule has 1 aliphatic rings. The number of carbonyl (C=O) groups is 2. The number of benzene rings is 1. The zero-order valence-electron chi connectivity index (χ0n) is 12.7. The second kappa shape index (κ2) is 6.74. The van der Waals surface area contributed by atoms with Crippen LogP contribution in [-0.2, 0) is 9.59 Å². The molecule has 1 aromatic carbocycles. The Labute approximate surface area is 125 Å². The Morgan fingerprint density at radius 1 is 1.33 bits per heavy atom. The van der Waals surface area contributed by atoms with Crippen molar-refractivity contribution < 1.29 is 14.7 Å². The van der Waals surface area contributed by atoms with Crippen LogP contribution in [0.5, 0.6) is 0 Å². The fourth-order valence-electron chi connectivity index (χ4n) is 3.10. The average molecular weight is 289 g/mol. The molecule has 1 saturated heterocycles. The number of carboxylic acids is 1. The topological polar surface area (TPSA) is 57.6 Å². The van der Waals surface area contributed by atoms with Gasteiger partial charge in [-0.25, -0.2) is 4.79 Å². The van der Waals surface area contributed by atoms with Crippen molar-refractivity contribution in [3.8, 4) is 0 Å². The number of nitrogens with zero attached hydrogens (tertiary/aromatic N) is 1. The lowest BCUT2D eigenvalue weighted by molar-refractivity contribution is -0.151. The van der Waals surface area contributed by atoms with Gasteiger partial charge < -0.3 is 10.0 Å². The third-order valence-electron chi connectivity index (χ3n) is 4.30. The molecule has 114 valence electrons. The summed E-state index contributed by atoms with van der Waals surface area (Å²) in [5.41, 5.74) is 0.953. The Morgan fingerprint density at radius 3 is 2.62 bits per heavy atom. The van der Waals surface area contributed by atoms with Gasteiger partial charge in [-0.1, -0.05) is 44.2 Å². The van der Waals surface area contributed by atoms with Gasteiger partial charge in [-0.05, 0) is 24.3 Å². The van der Waals surface area contributed by atoms with Gasteiger partial charge >= 0.3 is 5.97 Å². The fourth-order valence-corrected chi connectivity index (χ4v) is 3.10. The molecule has 3 atom stereocenters. The standard InChI is InChI=1S/C17H23NO3/c1-12-7-6-10-15(19)18(11-12)16(17(20)21)13(2)14-8-4-3-5-9-14/h3-5,8-9,12-13,16H,6-7,10-11H2,1-2H3,(H,20,21)/t12-,13?,16-/m1/s1. The number of hydrogen-bond donors (Lipinski definition) is 1. The fraction of sp³-hybridized carbons (Fsp3) is 0.529. The first-order valence-corrected chi connectivity index (χ1v) is 7.58. The Hall–Kier alpha value is -1.84. The summed E-state index contributed by atoms with van der Waals surface area (Å²) in [7, 11) is 0. The molecule has 4 heteroatoms. The molecule has 0 bridgehead atoms. The summed E-state index contributed by atoms with van der Waals surface area (Å²) in [5, 5.41) is 9.66. The third kappa shape index (κ3) is 3.63. The van der Waals surface area contributed by atoms with Crippen molar-refractivity contribution in [1.29, 1.82) is 0 Å². The maximum Gasteiger partial charge on any atom is 0.327 e. The van der Waals surface area contributed by atoms with Gasteiger partial charge in [0.2, 0.25) is 5.91 Å². The maximum atomic E-state index is 12.3. The zero-order chi connectivity index (χ0) is 15.4. The molecule has 0 aliphatic carbocycles. The van der Waals surface area contributed by atoms with Gasteiger partial charge in [0, 0.05) is 18.9 Å². The highest BCUT2D eigenvalue weighted by Crippen LogP contribution is 2.27. The van der Waals surface area contributed by atoms with Crippen molar-refractivity contribution in [2.45, 2.75) is 45.1 Å². The van der Waals surface area contributed by atoms with E-state index in [2.05, 4.69) is 6.92 Å². The molecule has 0 aromatic heterocycles. The smallest absolute Gasteiger partial charge is 0.327 e. The predicted octanol–water partition coefficient (Wildman–Crippen LogP) is 2.89. The summed E-state index contributed by atoms with van der Waals surface area (Å²) < 4.78 is 0. The molecule has 0 saturated carbocycles. The summed E-state index contributed by atoms with van der Waals surface area (Å²) in [6.07, 6.45) is 2.28. The third-order valence-corrected chi connectivity index (χ3v) is 4.30. The van der Waals surface area contributed by atoms with Crippen LogP contribution in [-0.4, -0.2) is 34.5 Å². The zero-order valence-corrected chi connectivity index (χ0v) is 12.7. The van der Waals surface area contributed by atoms with Crippen LogP contribution in [0.2, 0.25) is 0 Å². The van der Waals surface area contributed by atoms with E-state index < -0.39 is 12.0 Å². The van der Waals surface area contributed by atoms with Gasteiger partial charge in [-0.3, -0.25) is 4.79 Å². The van der Waals surface area contributed by atoms with Gasteiger partial charge in [-0.15, -0.1) is 0 Å². The Balaban J connectivity index is 2.29. The first-order valence-electron chi connectivity index (χ1n) is 7.58. The number of rotatable bonds is 4. The number of amides is 1. The molecular weight excluding hydrogens is 266 g/mol. The molecule has 1 fully saturated rings. The molecule has 1 N–H and O–H groups in total. The highest BCUT2D eigenvalue weighted by Gasteiger charge is 2.36. The predicted molar refractivity (Wildman–Crippen MR) is 81.0 cm³/mol. The first kappa shape index (κ1) is 15.5. The highest BCUT2D eigenvalue weighted by atomic mass is 16.4. The Bertz CT molecular complexity index is 500. The van der Waals surface area contributed by atoms with E-state index in [1.165, 1.54) is 0 Å². The van der Waals surface area contributed by atoms with E-state index in [4.69, 9.17) is 0 Å². The minimum Gasteiger partial charge on any atom is -0.480 e. The van der Waals surface area contributed by atoms with Gasteiger partial charge in [0.05, 0.1) is 0 Å². The van der Waals surface area contributed by atoms with Crippen molar-refractivity contribution in [2.75, 3.05) is 6.54 Å². The second-order valence-corrected chi connectivity index (χ2v) is 6.03. The molecule has 1 aromatic rings. The average Bonchev–Trinajstić information content (AvgIpc) is 2.61. The Morgan fingerprint density at radius 2 is 2.00 bits per heavy atom. The van der Waals surface area contributed by atoms with Gasteiger partial charge in [0.1, 0.15) is 6.04 Å². The lowest BCUT2D eigenvalue weighted by Crippen LogP contribution is -2.48. The van der Waals surface area contributed by atoms with Crippen LogP contribution in [0.25, 0.3) is 0 Å². The summed E-state index contributed by atoms with van der Waals surface area (Å²) in [6, 6.07) is 8.76. The molecule has 1 amide bonds. The minimum atomic E-state index is -0.922. The lowest BCUT2D eigenvalue weighted by Gasteiger charge is -2.33. The van der Waals surface area contributed by atoms with Crippen LogP contribution in [0.1, 0.15) is 44.6 Å². The minimum absolute atomic E-state index is 0.0328. The van der Waals surface area contributed by atoms with Crippen molar-refractivity contribution in [3.63, 3.8) is 0 Å². The molecule has 0 radical (unpaired) electrons. The van der Waals surface area contributed by atoms with E-state index >= 15 is 0 Å². The maximum absolute atomic E-state index is 12.3. The van der Waals surface area contributed by atoms with E-state index in [0.717, 1.165) is 18.4 Å². The largest absolute Gasteiger partial charge is 0.480 e. The normalized spacial score (nSPS) is 22.5. The van der Waals surface area contributed by atoms with Gasteiger partial charge in [0.25, 0.3) is 0 Å². The lowest BCUT2D eigenvalue weighted by atomic mass is 9.91. The van der Waals surface area contributed by atoms with Crippen molar-refractivity contribution in [3.05, 3.63) is 35.9 Å². The van der Waals surface area contributed by atoms with Crippen molar-refractivity contribution >= 4 is 11.9 Å². The summed E-state index contributed by atoms with van der Waals surface area (Å²) >= 11 is 0. The molecule has 1 aliphatic heterocycles. The van der Waals surface area contributed by atoms with E-state index in [0.29, 0.717) is 18.9 Å². The van der Waals surface area contributed by atoms with Crippen molar-refractivity contribution in [2.24, 2.45) is 5.92 Å². The van der Waals surface area contributed by atoms with Crippen LogP contribution < -0.4 is 0 Å². The molecular formula is C17H23NO3. The first-order chi connectivity index (χ1) is 10.0. The van der Waals surface area contributed by atoms with Gasteiger partial charge in [-0.2, -0.15) is 0 Å². The van der Waals surface area contributed by atoms with Crippen molar-refractivity contribution in [1.82, 2.24) is 4.90 Å². The highest BCUT2D eigenvalue weighted by molar-refractivity contribution is 5.84. The number of likely N-dealkylation sites (tertiary alicyclic amines) is 1. The van der Waals surface area contributed by atoms with E-state index in [9.17, 15) is 14.7 Å². The molecule has 21 heavy (non-hydrogen) atoms. The van der Waals surface area contributed by atoms with Crippen LogP contribution in [0.3, 0.4) is 0 Å². The number of aliphatic carboxylic acids is 1. The SMILES string of the molecule is CC(c1ccccc1)[C@H](C(=O)O)N1C[C@H](C)CCCC1=O. The van der Waals surface area contributed by atoms with E-state index in [-0.39, 0.29) is 11.8 Å². The summed E-state index contributed by atoms with van der Waals surface area (Å²) in [4.78, 5) is 25.7. The Kier molecular flexibility index (Phi) is 4.99. The van der Waals surface area contributed by atoms with Gasteiger partial charge in [0.15, 0.2) is 0 Å². The molecule has 2 rings (SSSR count). The van der Waals surface area contributed by atoms with Crippen LogP contribution in [0, 0.1) is 5.92 Å². The molecule has 4 nitrogen and oxygen atoms in total. The quantitative estimate of drug-likeness (QED) is 0.927. The monoisotopic (exact) mass is 289 g/mol. The van der Waals surface area contributed by atoms with E-state index in [1.54, 1.807) is 4.90 Å². The molecule has 1 heterocycles. The number of carboxylic acid groups (broad SMARTS) is 1.